The summed E-state index contributed by atoms with van der Waals surface area (Å²) in [5.41, 5.74) is 2.96. The molecule has 0 fully saturated rings. The van der Waals surface area contributed by atoms with Gasteiger partial charge in [0.05, 0.1) is 6.42 Å². The first kappa shape index (κ1) is 10.2. The Morgan fingerprint density at radius 2 is 2.06 bits per heavy atom. The molecule has 0 aromatic heterocycles. The van der Waals surface area contributed by atoms with Crippen LogP contribution in [0.3, 0.4) is 0 Å². The van der Waals surface area contributed by atoms with Crippen LogP contribution in [0.15, 0.2) is 35.4 Å². The number of anilines is 1. The minimum absolute atomic E-state index is 0.214. The molecule has 1 aromatic rings. The predicted octanol–water partition coefficient (Wildman–Crippen LogP) is 0.941. The van der Waals surface area contributed by atoms with Crippen molar-refractivity contribution in [1.29, 1.82) is 0 Å². The van der Waals surface area contributed by atoms with Gasteiger partial charge in [-0.3, -0.25) is 4.79 Å². The fourth-order valence-corrected chi connectivity index (χ4v) is 1.22. The molecule has 0 atom stereocenters. The molecule has 1 aliphatic rings. The molecule has 0 bridgehead atoms. The number of hydrogen-bond donors (Lipinski definition) is 2. The zero-order chi connectivity index (χ0) is 11.4. The summed E-state index contributed by atoms with van der Waals surface area (Å²) in [5.74, 6) is -0.261. The summed E-state index contributed by atoms with van der Waals surface area (Å²) in [4.78, 5) is 22.5. The summed E-state index contributed by atoms with van der Waals surface area (Å²) in [6.07, 6.45) is 1.65. The van der Waals surface area contributed by atoms with Gasteiger partial charge in [-0.2, -0.15) is 5.10 Å². The molecule has 3 amide bonds. The first-order valence-corrected chi connectivity index (χ1v) is 4.74. The molecule has 0 aliphatic carbocycles. The highest BCUT2D eigenvalue weighted by Gasteiger charge is 2.18. The monoisotopic (exact) mass is 218 g/mol. The second kappa shape index (κ2) is 4.43. The predicted molar refractivity (Wildman–Crippen MR) is 58.6 cm³/mol. The van der Waals surface area contributed by atoms with E-state index in [1.165, 1.54) is 6.21 Å². The molecule has 6 heteroatoms. The lowest BCUT2D eigenvalue weighted by molar-refractivity contribution is -0.130. The van der Waals surface area contributed by atoms with Crippen LogP contribution in [0.1, 0.15) is 6.42 Å². The van der Waals surface area contributed by atoms with E-state index < -0.39 is 6.03 Å². The van der Waals surface area contributed by atoms with Crippen LogP contribution in [0, 0.1) is 0 Å². The second-order valence-corrected chi connectivity index (χ2v) is 3.14. The van der Waals surface area contributed by atoms with Crippen molar-refractivity contribution in [2.45, 2.75) is 6.42 Å². The van der Waals surface area contributed by atoms with E-state index in [1.54, 1.807) is 24.3 Å². The van der Waals surface area contributed by atoms with Crippen LogP contribution in [-0.2, 0) is 4.79 Å². The molecule has 16 heavy (non-hydrogen) atoms. The molecule has 1 aliphatic heterocycles. The number of hydrazone groups is 1. The second-order valence-electron chi connectivity index (χ2n) is 3.14. The summed E-state index contributed by atoms with van der Waals surface area (Å²) in [5, 5.41) is 7.17. The van der Waals surface area contributed by atoms with Gasteiger partial charge in [0.15, 0.2) is 0 Å². The number of para-hydroxylation sites is 1. The van der Waals surface area contributed by atoms with Gasteiger partial charge >= 0.3 is 6.03 Å². The van der Waals surface area contributed by atoms with E-state index in [-0.39, 0.29) is 12.3 Å². The average molecular weight is 218 g/mol. The highest BCUT2D eigenvalue weighted by molar-refractivity contribution is 5.96. The molecule has 0 saturated carbocycles. The summed E-state index contributed by atoms with van der Waals surface area (Å²) in [6.45, 7) is 0. The van der Waals surface area contributed by atoms with Crippen molar-refractivity contribution >= 4 is 23.8 Å². The Morgan fingerprint density at radius 1 is 1.31 bits per heavy atom. The average Bonchev–Trinajstić information content (AvgIpc) is 2.66. The number of hydrogen-bond acceptors (Lipinski definition) is 3. The van der Waals surface area contributed by atoms with Gasteiger partial charge in [-0.05, 0) is 12.1 Å². The first-order chi connectivity index (χ1) is 7.75. The Balaban J connectivity index is 1.90. The van der Waals surface area contributed by atoms with E-state index in [1.807, 2.05) is 6.07 Å². The van der Waals surface area contributed by atoms with Crippen LogP contribution < -0.4 is 10.7 Å². The van der Waals surface area contributed by atoms with E-state index in [9.17, 15) is 9.59 Å². The Morgan fingerprint density at radius 3 is 2.69 bits per heavy atom. The van der Waals surface area contributed by atoms with E-state index >= 15 is 0 Å². The number of rotatable bonds is 2. The van der Waals surface area contributed by atoms with Crippen LogP contribution in [0.5, 0.6) is 0 Å². The third-order valence-corrected chi connectivity index (χ3v) is 1.94. The van der Waals surface area contributed by atoms with Crippen LogP contribution >= 0.6 is 0 Å². The molecule has 0 unspecified atom stereocenters. The summed E-state index contributed by atoms with van der Waals surface area (Å²) in [6, 6.07) is 8.43. The zero-order valence-corrected chi connectivity index (χ0v) is 8.38. The Kier molecular flexibility index (Phi) is 2.81. The molecule has 0 spiro atoms. The number of nitrogens with one attached hydrogen (secondary N) is 2. The normalized spacial score (nSPS) is 14.0. The number of benzene rings is 1. The van der Waals surface area contributed by atoms with Crippen molar-refractivity contribution in [3.63, 3.8) is 0 Å². The number of carbonyl (C=O) groups is 2. The number of nitrogens with zero attached hydrogens (tertiary/aromatic N) is 2. The lowest BCUT2D eigenvalue weighted by atomic mass is 10.3. The highest BCUT2D eigenvalue weighted by Crippen LogP contribution is 2.05. The van der Waals surface area contributed by atoms with E-state index in [2.05, 4.69) is 15.8 Å². The molecular formula is C10H10N4O2. The van der Waals surface area contributed by atoms with Crippen molar-refractivity contribution in [2.75, 3.05) is 5.32 Å². The molecule has 82 valence electrons. The molecular weight excluding hydrogens is 208 g/mol. The largest absolute Gasteiger partial charge is 0.339 e. The molecule has 1 aromatic carbocycles. The van der Waals surface area contributed by atoms with Crippen molar-refractivity contribution in [2.24, 2.45) is 5.10 Å². The van der Waals surface area contributed by atoms with Crippen LogP contribution in [-0.4, -0.2) is 23.3 Å². The Bertz CT molecular complexity index is 430. The molecule has 1 heterocycles. The fourth-order valence-electron chi connectivity index (χ4n) is 1.22. The number of hydrazine groups is 1. The van der Waals surface area contributed by atoms with E-state index in [4.69, 9.17) is 0 Å². The number of urea groups is 1. The topological polar surface area (TPSA) is 73.8 Å². The SMILES string of the molecule is O=C(Nc1ccccc1)NN1N=CCC1=O. The summed E-state index contributed by atoms with van der Waals surface area (Å²) < 4.78 is 0. The van der Waals surface area contributed by atoms with Crippen molar-refractivity contribution in [1.82, 2.24) is 10.5 Å². The minimum Gasteiger partial charge on any atom is -0.307 e. The fraction of sp³-hybridized carbons (Fsp3) is 0.100. The summed E-state index contributed by atoms with van der Waals surface area (Å²) in [7, 11) is 0. The third-order valence-electron chi connectivity index (χ3n) is 1.94. The zero-order valence-electron chi connectivity index (χ0n) is 8.38. The van der Waals surface area contributed by atoms with Gasteiger partial charge in [0.1, 0.15) is 0 Å². The van der Waals surface area contributed by atoms with Crippen LogP contribution in [0.25, 0.3) is 0 Å². The summed E-state index contributed by atoms with van der Waals surface area (Å²) >= 11 is 0. The van der Waals surface area contributed by atoms with Gasteiger partial charge in [0, 0.05) is 11.9 Å². The molecule has 2 rings (SSSR count). The van der Waals surface area contributed by atoms with E-state index in [0.29, 0.717) is 5.69 Å². The maximum absolute atomic E-state index is 11.4. The number of amides is 3. The lowest BCUT2D eigenvalue weighted by Gasteiger charge is -2.13. The molecule has 2 N–H and O–H groups in total. The highest BCUT2D eigenvalue weighted by atomic mass is 16.2. The molecule has 6 nitrogen and oxygen atoms in total. The van der Waals surface area contributed by atoms with Gasteiger partial charge in [-0.1, -0.05) is 18.2 Å². The molecule has 0 radical (unpaired) electrons. The van der Waals surface area contributed by atoms with Crippen molar-refractivity contribution in [3.8, 4) is 0 Å². The minimum atomic E-state index is -0.501. The lowest BCUT2D eigenvalue weighted by Crippen LogP contribution is -2.42. The van der Waals surface area contributed by atoms with Crippen LogP contribution in [0.4, 0.5) is 10.5 Å². The van der Waals surface area contributed by atoms with Gasteiger partial charge < -0.3 is 5.32 Å². The third kappa shape index (κ3) is 2.35. The van der Waals surface area contributed by atoms with Gasteiger partial charge in [-0.15, -0.1) is 5.12 Å². The number of carbonyl (C=O) groups excluding carboxylic acids is 2. The maximum Gasteiger partial charge on any atom is 0.339 e. The van der Waals surface area contributed by atoms with Crippen molar-refractivity contribution in [3.05, 3.63) is 30.3 Å². The van der Waals surface area contributed by atoms with Gasteiger partial charge in [0.25, 0.3) is 5.91 Å². The maximum atomic E-state index is 11.4. The van der Waals surface area contributed by atoms with Crippen molar-refractivity contribution < 1.29 is 9.59 Å². The first-order valence-electron chi connectivity index (χ1n) is 4.74. The smallest absolute Gasteiger partial charge is 0.307 e. The van der Waals surface area contributed by atoms with E-state index in [0.717, 1.165) is 5.12 Å². The van der Waals surface area contributed by atoms with Crippen LogP contribution in [0.2, 0.25) is 0 Å². The standard InChI is InChI=1S/C10H10N4O2/c15-9-6-7-11-14(9)13-10(16)12-8-4-2-1-3-5-8/h1-5,7H,6H2,(H2,12,13,16). The Labute approximate surface area is 91.9 Å². The Hall–Kier alpha value is -2.37. The molecule has 0 saturated heterocycles. The van der Waals surface area contributed by atoms with Gasteiger partial charge in [0.2, 0.25) is 0 Å². The quantitative estimate of drug-likeness (QED) is 0.775. The van der Waals surface area contributed by atoms with Gasteiger partial charge in [-0.25, -0.2) is 10.2 Å².